The second kappa shape index (κ2) is 4.62. The summed E-state index contributed by atoms with van der Waals surface area (Å²) in [7, 11) is 0. The average molecular weight is 172 g/mol. The quantitative estimate of drug-likeness (QED) is 0.599. The molecule has 1 saturated carbocycles. The highest BCUT2D eigenvalue weighted by Gasteiger charge is 2.18. The Morgan fingerprint density at radius 1 is 1.45 bits per heavy atom. The van der Waals surface area contributed by atoms with E-state index in [1.54, 1.807) is 0 Å². The van der Waals surface area contributed by atoms with Crippen molar-refractivity contribution in [1.29, 1.82) is 5.26 Å². The topological polar surface area (TPSA) is 23.8 Å². The van der Waals surface area contributed by atoms with Crippen LogP contribution in [0.1, 0.15) is 32.1 Å². The molecule has 0 aromatic rings. The summed E-state index contributed by atoms with van der Waals surface area (Å²) in [5.74, 6) is 1.39. The molecule has 0 aliphatic heterocycles. The average Bonchev–Trinajstić information content (AvgIpc) is 2.52. The lowest BCUT2D eigenvalue weighted by Crippen LogP contribution is -2.05. The van der Waals surface area contributed by atoms with E-state index in [4.69, 9.17) is 16.9 Å². The van der Waals surface area contributed by atoms with Gasteiger partial charge >= 0.3 is 0 Å². The molecule has 0 heterocycles. The van der Waals surface area contributed by atoms with Crippen molar-refractivity contribution < 1.29 is 0 Å². The van der Waals surface area contributed by atoms with Gasteiger partial charge in [-0.1, -0.05) is 25.7 Å². The number of rotatable bonds is 3. The summed E-state index contributed by atoms with van der Waals surface area (Å²) in [6.45, 7) is 0. The minimum atomic E-state index is 0.0970. The monoisotopic (exact) mass is 171 g/mol. The van der Waals surface area contributed by atoms with Crippen LogP contribution >= 0.6 is 11.6 Å². The summed E-state index contributed by atoms with van der Waals surface area (Å²) < 4.78 is 0. The Bertz CT molecular complexity index is 144. The van der Waals surface area contributed by atoms with E-state index in [1.807, 2.05) is 0 Å². The van der Waals surface area contributed by atoms with Gasteiger partial charge in [-0.25, -0.2) is 0 Å². The van der Waals surface area contributed by atoms with Gasteiger partial charge in [-0.3, -0.25) is 0 Å². The first-order valence-corrected chi connectivity index (χ1v) is 4.86. The van der Waals surface area contributed by atoms with Gasteiger partial charge in [-0.05, 0) is 12.3 Å². The molecule has 0 N–H and O–H groups in total. The molecule has 1 aliphatic carbocycles. The van der Waals surface area contributed by atoms with Gasteiger partial charge in [0.05, 0.1) is 12.0 Å². The third-order valence-corrected chi connectivity index (χ3v) is 2.83. The molecule has 1 atom stereocenters. The minimum Gasteiger partial charge on any atom is -0.198 e. The van der Waals surface area contributed by atoms with Crippen molar-refractivity contribution in [2.45, 2.75) is 32.1 Å². The molecular formula is C9H14ClN. The molecule has 1 aliphatic rings. The zero-order valence-electron chi connectivity index (χ0n) is 6.72. The van der Waals surface area contributed by atoms with Crippen LogP contribution in [0.5, 0.6) is 0 Å². The van der Waals surface area contributed by atoms with E-state index < -0.39 is 0 Å². The first-order valence-electron chi connectivity index (χ1n) is 4.32. The van der Waals surface area contributed by atoms with Crippen LogP contribution in [0.25, 0.3) is 0 Å². The summed E-state index contributed by atoms with van der Waals surface area (Å²) >= 11 is 5.62. The number of nitrogens with zero attached hydrogens (tertiary/aromatic N) is 1. The molecule has 62 valence electrons. The Hall–Kier alpha value is -0.220. The summed E-state index contributed by atoms with van der Waals surface area (Å²) in [5.41, 5.74) is 0. The molecular weight excluding hydrogens is 158 g/mol. The van der Waals surface area contributed by atoms with Gasteiger partial charge in [-0.15, -0.1) is 11.6 Å². The molecule has 0 spiro atoms. The molecule has 1 unspecified atom stereocenters. The molecule has 0 amide bonds. The number of hydrogen-bond donors (Lipinski definition) is 0. The maximum Gasteiger partial charge on any atom is 0.0668 e. The summed E-state index contributed by atoms with van der Waals surface area (Å²) in [6, 6.07) is 2.25. The molecule has 0 aromatic carbocycles. The lowest BCUT2D eigenvalue weighted by molar-refractivity contribution is 0.452. The zero-order chi connectivity index (χ0) is 8.10. The summed E-state index contributed by atoms with van der Waals surface area (Å²) in [4.78, 5) is 0. The van der Waals surface area contributed by atoms with Crippen LogP contribution in [0.15, 0.2) is 0 Å². The third-order valence-electron chi connectivity index (χ3n) is 2.46. The van der Waals surface area contributed by atoms with E-state index in [9.17, 15) is 0 Å². The van der Waals surface area contributed by atoms with Gasteiger partial charge in [0.25, 0.3) is 0 Å². The van der Waals surface area contributed by atoms with Crippen molar-refractivity contribution in [2.24, 2.45) is 11.8 Å². The first-order chi connectivity index (χ1) is 5.36. The molecule has 1 nitrogen and oxygen atoms in total. The van der Waals surface area contributed by atoms with Gasteiger partial charge in [0, 0.05) is 5.88 Å². The zero-order valence-corrected chi connectivity index (χ0v) is 7.48. The number of alkyl halides is 1. The fourth-order valence-corrected chi connectivity index (χ4v) is 1.99. The van der Waals surface area contributed by atoms with Crippen LogP contribution < -0.4 is 0 Å². The lowest BCUT2D eigenvalue weighted by atomic mass is 9.95. The number of halogens is 1. The van der Waals surface area contributed by atoms with Crippen LogP contribution in [-0.2, 0) is 0 Å². The third kappa shape index (κ3) is 2.71. The second-order valence-corrected chi connectivity index (χ2v) is 3.68. The Balaban J connectivity index is 2.23. The fourth-order valence-electron chi connectivity index (χ4n) is 1.80. The molecule has 0 aromatic heterocycles. The molecule has 0 radical (unpaired) electrons. The molecule has 1 rings (SSSR count). The van der Waals surface area contributed by atoms with E-state index in [0.717, 1.165) is 12.3 Å². The fraction of sp³-hybridized carbons (Fsp3) is 0.889. The summed E-state index contributed by atoms with van der Waals surface area (Å²) in [6.07, 6.45) is 6.36. The highest BCUT2D eigenvalue weighted by atomic mass is 35.5. The van der Waals surface area contributed by atoms with Gasteiger partial charge in [-0.2, -0.15) is 5.26 Å². The van der Waals surface area contributed by atoms with Crippen molar-refractivity contribution in [1.82, 2.24) is 0 Å². The van der Waals surface area contributed by atoms with E-state index in [0.29, 0.717) is 5.88 Å². The minimum absolute atomic E-state index is 0.0970. The maximum absolute atomic E-state index is 8.65. The Morgan fingerprint density at radius 3 is 2.55 bits per heavy atom. The van der Waals surface area contributed by atoms with E-state index in [-0.39, 0.29) is 5.92 Å². The van der Waals surface area contributed by atoms with Crippen LogP contribution in [-0.4, -0.2) is 5.88 Å². The normalized spacial score (nSPS) is 21.5. The van der Waals surface area contributed by atoms with Crippen LogP contribution in [0.3, 0.4) is 0 Å². The maximum atomic E-state index is 8.65. The predicted molar refractivity (Wildman–Crippen MR) is 46.4 cm³/mol. The van der Waals surface area contributed by atoms with Gasteiger partial charge in [0.15, 0.2) is 0 Å². The Labute approximate surface area is 73.3 Å². The molecule has 0 saturated heterocycles. The van der Waals surface area contributed by atoms with Crippen LogP contribution in [0, 0.1) is 23.2 Å². The Kier molecular flexibility index (Phi) is 3.72. The predicted octanol–water partition coefficient (Wildman–Crippen LogP) is 2.95. The molecule has 2 heteroatoms. The van der Waals surface area contributed by atoms with E-state index in [2.05, 4.69) is 6.07 Å². The van der Waals surface area contributed by atoms with Gasteiger partial charge < -0.3 is 0 Å². The van der Waals surface area contributed by atoms with Crippen molar-refractivity contribution in [3.63, 3.8) is 0 Å². The molecule has 1 fully saturated rings. The largest absolute Gasteiger partial charge is 0.198 e. The number of hydrogen-bond acceptors (Lipinski definition) is 1. The molecule has 11 heavy (non-hydrogen) atoms. The van der Waals surface area contributed by atoms with Crippen molar-refractivity contribution in [3.05, 3.63) is 0 Å². The second-order valence-electron chi connectivity index (χ2n) is 3.37. The number of nitriles is 1. The van der Waals surface area contributed by atoms with Crippen LogP contribution in [0.4, 0.5) is 0 Å². The highest BCUT2D eigenvalue weighted by Crippen LogP contribution is 2.30. The van der Waals surface area contributed by atoms with Gasteiger partial charge in [0.2, 0.25) is 0 Å². The van der Waals surface area contributed by atoms with Gasteiger partial charge in [0.1, 0.15) is 0 Å². The van der Waals surface area contributed by atoms with Crippen molar-refractivity contribution >= 4 is 11.6 Å². The highest BCUT2D eigenvalue weighted by molar-refractivity contribution is 6.18. The smallest absolute Gasteiger partial charge is 0.0668 e. The lowest BCUT2D eigenvalue weighted by Gasteiger charge is -2.10. The van der Waals surface area contributed by atoms with E-state index in [1.165, 1.54) is 25.7 Å². The standard InChI is InChI=1S/C9H14ClN/c10-6-9(7-11)5-8-3-1-2-4-8/h8-9H,1-6H2. The van der Waals surface area contributed by atoms with Crippen molar-refractivity contribution in [3.8, 4) is 6.07 Å². The molecule has 0 bridgehead atoms. The van der Waals surface area contributed by atoms with Crippen LogP contribution in [0.2, 0.25) is 0 Å². The summed E-state index contributed by atoms with van der Waals surface area (Å²) in [5, 5.41) is 8.65. The SMILES string of the molecule is N#CC(CCl)CC1CCCC1. The Morgan fingerprint density at radius 2 is 2.09 bits per heavy atom. The van der Waals surface area contributed by atoms with Crippen molar-refractivity contribution in [2.75, 3.05) is 5.88 Å². The first kappa shape index (κ1) is 8.87. The van der Waals surface area contributed by atoms with E-state index >= 15 is 0 Å².